The number of primary amides is 1. The number of carbonyl (C=O) groups is 3. The summed E-state index contributed by atoms with van der Waals surface area (Å²) in [5.41, 5.74) is 5.82. The fourth-order valence-corrected chi connectivity index (χ4v) is 3.75. The van der Waals surface area contributed by atoms with E-state index in [2.05, 4.69) is 25.3 Å². The molecule has 0 aliphatic carbocycles. The highest BCUT2D eigenvalue weighted by Gasteiger charge is 2.31. The summed E-state index contributed by atoms with van der Waals surface area (Å²) in [4.78, 5) is 43.7. The first-order valence-electron chi connectivity index (χ1n) is 11.4. The number of anilines is 2. The average molecular weight is 554 g/mol. The maximum Gasteiger partial charge on any atom is 0.416 e. The zero-order valence-corrected chi connectivity index (χ0v) is 20.9. The topological polar surface area (TPSA) is 150 Å². The minimum absolute atomic E-state index is 0.0602. The zero-order chi connectivity index (χ0) is 29.0. The van der Waals surface area contributed by atoms with Crippen LogP contribution in [0.4, 0.5) is 34.1 Å². The highest BCUT2D eigenvalue weighted by atomic mass is 19.4. The Morgan fingerprint density at radius 1 is 0.950 bits per heavy atom. The second-order valence-corrected chi connectivity index (χ2v) is 8.25. The Bertz CT molecular complexity index is 1600. The van der Waals surface area contributed by atoms with Crippen LogP contribution in [0.15, 0.2) is 67.1 Å². The molecule has 2 aromatic carbocycles. The van der Waals surface area contributed by atoms with Crippen molar-refractivity contribution in [1.29, 1.82) is 0 Å². The minimum atomic E-state index is -4.59. The highest BCUT2D eigenvalue weighted by Crippen LogP contribution is 2.35. The lowest BCUT2D eigenvalue weighted by molar-refractivity contribution is -0.137. The first kappa shape index (κ1) is 27.6. The lowest BCUT2D eigenvalue weighted by Gasteiger charge is -2.16. The third kappa shape index (κ3) is 6.18. The number of aromatic nitrogens is 3. The second-order valence-electron chi connectivity index (χ2n) is 8.25. The van der Waals surface area contributed by atoms with Crippen molar-refractivity contribution >= 4 is 29.5 Å². The van der Waals surface area contributed by atoms with Crippen LogP contribution in [0.5, 0.6) is 5.75 Å². The van der Waals surface area contributed by atoms with Crippen LogP contribution in [0.3, 0.4) is 0 Å². The molecule has 2 aromatic heterocycles. The molecule has 3 amide bonds. The number of nitrogens with two attached hydrogens (primary N) is 1. The van der Waals surface area contributed by atoms with Gasteiger partial charge >= 0.3 is 24.3 Å². The largest absolute Gasteiger partial charge is 0.495 e. The fraction of sp³-hybridized carbons (Fsp3) is 0.115. The van der Waals surface area contributed by atoms with E-state index in [0.717, 1.165) is 18.2 Å². The minimum Gasteiger partial charge on any atom is -0.495 e. The van der Waals surface area contributed by atoms with Gasteiger partial charge in [0.25, 0.3) is 0 Å². The first-order valence-corrected chi connectivity index (χ1v) is 11.4. The van der Waals surface area contributed by atoms with Gasteiger partial charge in [-0.25, -0.2) is 24.4 Å². The van der Waals surface area contributed by atoms with E-state index in [9.17, 15) is 27.6 Å². The number of rotatable bonds is 6. The van der Waals surface area contributed by atoms with Crippen LogP contribution in [0, 0.1) is 6.92 Å². The lowest BCUT2D eigenvalue weighted by Crippen LogP contribution is -2.21. The van der Waals surface area contributed by atoms with Crippen LogP contribution < -0.4 is 21.1 Å². The Morgan fingerprint density at radius 2 is 1.70 bits per heavy atom. The van der Waals surface area contributed by atoms with Crippen molar-refractivity contribution in [3.05, 3.63) is 83.9 Å². The lowest BCUT2D eigenvalue weighted by atomic mass is 10.1. The molecule has 4 aromatic rings. The first-order chi connectivity index (χ1) is 19.0. The summed E-state index contributed by atoms with van der Waals surface area (Å²) >= 11 is 0. The van der Waals surface area contributed by atoms with Crippen molar-refractivity contribution < 1.29 is 37.0 Å². The van der Waals surface area contributed by atoms with Crippen LogP contribution in [-0.4, -0.2) is 39.7 Å². The number of urea groups is 1. The van der Waals surface area contributed by atoms with Gasteiger partial charge in [0, 0.05) is 35.5 Å². The van der Waals surface area contributed by atoms with Gasteiger partial charge in [-0.05, 0) is 61.0 Å². The number of imidazole rings is 1. The SMILES string of the molecule is COc1ccc(C(F)(F)F)cc1NC(=O)Nc1ccc(-n2ccnc2-c2ccnc(C(=O)OC(N)=O)c2)cc1C. The van der Waals surface area contributed by atoms with Crippen LogP contribution in [0.2, 0.25) is 0 Å². The molecule has 4 N–H and O–H groups in total. The highest BCUT2D eigenvalue weighted by molar-refractivity contribution is 6.01. The van der Waals surface area contributed by atoms with Crippen molar-refractivity contribution in [2.75, 3.05) is 17.7 Å². The molecule has 4 rings (SSSR count). The van der Waals surface area contributed by atoms with Crippen LogP contribution >= 0.6 is 0 Å². The standard InChI is InChI=1S/C26H21F3N6O5/c1-14-11-17(35-10-9-32-22(35)15-7-8-31-20(12-15)23(36)40-24(30)37)4-5-18(14)33-25(38)34-19-13-16(26(27,28)29)3-6-21(19)39-2/h3-13H,1-2H3,(H2,30,37)(H2,33,34,38). The summed E-state index contributed by atoms with van der Waals surface area (Å²) in [5, 5.41) is 5.00. The Kier molecular flexibility index (Phi) is 7.70. The van der Waals surface area contributed by atoms with Gasteiger partial charge in [0.1, 0.15) is 17.3 Å². The molecule has 0 radical (unpaired) electrons. The number of aryl methyl sites for hydroxylation is 1. The molecule has 0 fully saturated rings. The number of methoxy groups -OCH3 is 1. The van der Waals surface area contributed by atoms with Crippen molar-refractivity contribution in [2.24, 2.45) is 5.73 Å². The van der Waals surface area contributed by atoms with Crippen molar-refractivity contribution in [3.63, 3.8) is 0 Å². The molecule has 0 saturated heterocycles. The summed E-state index contributed by atoms with van der Waals surface area (Å²) in [7, 11) is 1.28. The molecule has 2 heterocycles. The normalized spacial score (nSPS) is 11.0. The van der Waals surface area contributed by atoms with Crippen LogP contribution in [0.25, 0.3) is 17.1 Å². The summed E-state index contributed by atoms with van der Waals surface area (Å²) in [6, 6.07) is 10.0. The number of nitrogens with zero attached hydrogens (tertiary/aromatic N) is 3. The van der Waals surface area contributed by atoms with Crippen molar-refractivity contribution in [1.82, 2.24) is 14.5 Å². The molecule has 11 nitrogen and oxygen atoms in total. The van der Waals surface area contributed by atoms with Gasteiger partial charge in [0.15, 0.2) is 0 Å². The fourth-order valence-electron chi connectivity index (χ4n) is 3.75. The van der Waals surface area contributed by atoms with E-state index in [1.54, 1.807) is 42.0 Å². The summed E-state index contributed by atoms with van der Waals surface area (Å²) in [6.45, 7) is 1.73. The number of benzene rings is 2. The Hall–Kier alpha value is -5.40. The number of hydrogen-bond acceptors (Lipinski definition) is 7. The van der Waals surface area contributed by atoms with Gasteiger partial charge in [-0.3, -0.25) is 4.57 Å². The molecule has 0 aliphatic heterocycles. The van der Waals surface area contributed by atoms with E-state index in [1.807, 2.05) is 0 Å². The van der Waals surface area contributed by atoms with Crippen LogP contribution in [-0.2, 0) is 10.9 Å². The quantitative estimate of drug-likeness (QED) is 0.220. The zero-order valence-electron chi connectivity index (χ0n) is 20.9. The molecule has 0 unspecified atom stereocenters. The molecule has 0 aliphatic rings. The van der Waals surface area contributed by atoms with Gasteiger partial charge in [0.05, 0.1) is 18.4 Å². The number of halogens is 3. The predicted octanol–water partition coefficient (Wildman–Crippen LogP) is 5.15. The summed E-state index contributed by atoms with van der Waals surface area (Å²) in [5.74, 6) is -0.519. The molecule has 0 spiro atoms. The number of ether oxygens (including phenoxy) is 2. The van der Waals surface area contributed by atoms with Gasteiger partial charge in [-0.15, -0.1) is 0 Å². The van der Waals surface area contributed by atoms with E-state index < -0.39 is 29.8 Å². The number of hydrogen-bond donors (Lipinski definition) is 3. The maximum atomic E-state index is 13.1. The number of carbonyl (C=O) groups excluding carboxylic acids is 3. The second kappa shape index (κ2) is 11.1. The molecule has 206 valence electrons. The number of esters is 1. The van der Waals surface area contributed by atoms with Crippen LogP contribution in [0.1, 0.15) is 21.6 Å². The Labute approximate surface area is 224 Å². The van der Waals surface area contributed by atoms with Crippen molar-refractivity contribution in [2.45, 2.75) is 13.1 Å². The smallest absolute Gasteiger partial charge is 0.416 e. The van der Waals surface area contributed by atoms with E-state index in [4.69, 9.17) is 10.5 Å². The van der Waals surface area contributed by atoms with E-state index >= 15 is 0 Å². The maximum absolute atomic E-state index is 13.1. The van der Waals surface area contributed by atoms with Crippen molar-refractivity contribution in [3.8, 4) is 22.8 Å². The van der Waals surface area contributed by atoms with E-state index in [0.29, 0.717) is 28.3 Å². The Balaban J connectivity index is 1.54. The number of amides is 3. The molecule has 0 bridgehead atoms. The van der Waals surface area contributed by atoms with Gasteiger partial charge in [-0.1, -0.05) is 0 Å². The van der Waals surface area contributed by atoms with E-state index in [-0.39, 0.29) is 17.1 Å². The van der Waals surface area contributed by atoms with Gasteiger partial charge < -0.3 is 25.8 Å². The predicted molar refractivity (Wildman–Crippen MR) is 137 cm³/mol. The molecule has 40 heavy (non-hydrogen) atoms. The molecular weight excluding hydrogens is 533 g/mol. The Morgan fingerprint density at radius 3 is 2.38 bits per heavy atom. The van der Waals surface area contributed by atoms with Gasteiger partial charge in [-0.2, -0.15) is 13.2 Å². The third-order valence-electron chi connectivity index (χ3n) is 5.57. The number of alkyl halides is 3. The number of pyridine rings is 1. The number of nitrogens with one attached hydrogen (secondary N) is 2. The summed E-state index contributed by atoms with van der Waals surface area (Å²) in [6.07, 6.45) is -1.30. The van der Waals surface area contributed by atoms with Gasteiger partial charge in [0.2, 0.25) is 0 Å². The third-order valence-corrected chi connectivity index (χ3v) is 5.57. The molecule has 0 atom stereocenters. The molecular formula is C26H21F3N6O5. The molecule has 0 saturated carbocycles. The molecule has 14 heteroatoms. The average Bonchev–Trinajstić information content (AvgIpc) is 3.39. The summed E-state index contributed by atoms with van der Waals surface area (Å²) < 4.78 is 50.5. The van der Waals surface area contributed by atoms with E-state index in [1.165, 1.54) is 25.6 Å². The monoisotopic (exact) mass is 554 g/mol.